The molecule has 0 rings (SSSR count). The van der Waals surface area contributed by atoms with Gasteiger partial charge in [0.15, 0.2) is 0 Å². The Kier molecular flexibility index (Phi) is 8.64. The number of amides is 2. The molecule has 0 bridgehead atoms. The largest absolute Gasteiger partial charge is 0.469 e. The number of nitrogens with zero attached hydrogens (tertiary/aromatic N) is 1. The van der Waals surface area contributed by atoms with Gasteiger partial charge in [0.25, 0.3) is 5.91 Å². The SMILES string of the molecule is C/C=C\C(=O)N(C=O)CCCCCC(=O)OC. The minimum absolute atomic E-state index is 0.234. The molecule has 17 heavy (non-hydrogen) atoms. The lowest BCUT2D eigenvalue weighted by Gasteiger charge is -2.12. The molecule has 5 nitrogen and oxygen atoms in total. The molecule has 0 aromatic rings. The van der Waals surface area contributed by atoms with Crippen LogP contribution >= 0.6 is 0 Å². The van der Waals surface area contributed by atoms with Gasteiger partial charge >= 0.3 is 5.97 Å². The molecule has 0 aliphatic rings. The van der Waals surface area contributed by atoms with Gasteiger partial charge in [-0.05, 0) is 25.8 Å². The predicted molar refractivity (Wildman–Crippen MR) is 63.1 cm³/mol. The summed E-state index contributed by atoms with van der Waals surface area (Å²) in [6, 6.07) is 0. The Morgan fingerprint density at radius 2 is 1.94 bits per heavy atom. The van der Waals surface area contributed by atoms with E-state index >= 15 is 0 Å². The highest BCUT2D eigenvalue weighted by molar-refractivity contribution is 5.94. The first-order valence-corrected chi connectivity index (χ1v) is 5.61. The van der Waals surface area contributed by atoms with Crippen molar-refractivity contribution in [3.05, 3.63) is 12.2 Å². The molecular formula is C12H19NO4. The number of rotatable bonds is 8. The van der Waals surface area contributed by atoms with Crippen LogP contribution in [0.15, 0.2) is 12.2 Å². The van der Waals surface area contributed by atoms with Gasteiger partial charge in [0.2, 0.25) is 6.41 Å². The first-order valence-electron chi connectivity index (χ1n) is 5.61. The van der Waals surface area contributed by atoms with E-state index in [1.165, 1.54) is 13.2 Å². The summed E-state index contributed by atoms with van der Waals surface area (Å²) in [5.74, 6) is -0.544. The van der Waals surface area contributed by atoms with E-state index in [1.807, 2.05) is 0 Å². The van der Waals surface area contributed by atoms with Crippen molar-refractivity contribution in [1.82, 2.24) is 4.90 Å². The van der Waals surface area contributed by atoms with Gasteiger partial charge in [-0.25, -0.2) is 0 Å². The van der Waals surface area contributed by atoms with Gasteiger partial charge in [0, 0.05) is 13.0 Å². The standard InChI is InChI=1S/C12H19NO4/c1-3-7-11(15)13(10-14)9-6-4-5-8-12(16)17-2/h3,7,10H,4-6,8-9H2,1-2H3/b7-3-. The van der Waals surface area contributed by atoms with Crippen molar-refractivity contribution in [1.29, 1.82) is 0 Å². The van der Waals surface area contributed by atoms with E-state index in [2.05, 4.69) is 4.74 Å². The van der Waals surface area contributed by atoms with Crippen LogP contribution in [0.5, 0.6) is 0 Å². The van der Waals surface area contributed by atoms with Crippen molar-refractivity contribution in [2.24, 2.45) is 0 Å². The van der Waals surface area contributed by atoms with Gasteiger partial charge < -0.3 is 4.74 Å². The fourth-order valence-electron chi connectivity index (χ4n) is 1.28. The Hall–Kier alpha value is -1.65. The van der Waals surface area contributed by atoms with Crippen LogP contribution in [0.25, 0.3) is 0 Å². The molecule has 0 saturated carbocycles. The first kappa shape index (κ1) is 15.3. The zero-order valence-electron chi connectivity index (χ0n) is 10.3. The average molecular weight is 241 g/mol. The van der Waals surface area contributed by atoms with Gasteiger partial charge in [-0.1, -0.05) is 12.5 Å². The monoisotopic (exact) mass is 241 g/mol. The third-order valence-electron chi connectivity index (χ3n) is 2.23. The number of ether oxygens (including phenoxy) is 1. The molecule has 0 atom stereocenters. The summed E-state index contributed by atoms with van der Waals surface area (Å²) in [6.07, 6.45) is 6.03. The topological polar surface area (TPSA) is 63.7 Å². The normalized spacial score (nSPS) is 10.2. The number of methoxy groups -OCH3 is 1. The molecule has 0 radical (unpaired) electrons. The predicted octanol–water partition coefficient (Wildman–Crippen LogP) is 1.28. The molecule has 0 spiro atoms. The minimum atomic E-state index is -0.310. The Balaban J connectivity index is 3.74. The molecule has 0 aromatic heterocycles. The lowest BCUT2D eigenvalue weighted by molar-refractivity contribution is -0.141. The van der Waals surface area contributed by atoms with Gasteiger partial charge in [-0.15, -0.1) is 0 Å². The highest BCUT2D eigenvalue weighted by Crippen LogP contribution is 2.02. The van der Waals surface area contributed by atoms with E-state index < -0.39 is 0 Å². The lowest BCUT2D eigenvalue weighted by atomic mass is 10.2. The van der Waals surface area contributed by atoms with Crippen molar-refractivity contribution in [3.8, 4) is 0 Å². The number of allylic oxidation sites excluding steroid dienone is 1. The first-order chi connectivity index (χ1) is 8.15. The van der Waals surface area contributed by atoms with Crippen LogP contribution in [0.3, 0.4) is 0 Å². The molecule has 0 heterocycles. The molecule has 0 aliphatic heterocycles. The maximum Gasteiger partial charge on any atom is 0.305 e. The number of esters is 1. The van der Waals surface area contributed by atoms with Crippen LogP contribution in [-0.4, -0.2) is 36.8 Å². The second-order valence-electron chi connectivity index (χ2n) is 3.52. The zero-order valence-corrected chi connectivity index (χ0v) is 10.3. The molecule has 0 saturated heterocycles. The second-order valence-corrected chi connectivity index (χ2v) is 3.52. The molecule has 2 amide bonds. The molecular weight excluding hydrogens is 222 g/mol. The average Bonchev–Trinajstić information content (AvgIpc) is 2.33. The van der Waals surface area contributed by atoms with E-state index in [1.54, 1.807) is 13.0 Å². The summed E-state index contributed by atoms with van der Waals surface area (Å²) in [5.41, 5.74) is 0. The van der Waals surface area contributed by atoms with Crippen LogP contribution < -0.4 is 0 Å². The molecule has 0 fully saturated rings. The Morgan fingerprint density at radius 1 is 1.24 bits per heavy atom. The molecule has 5 heteroatoms. The Labute approximate surface area is 101 Å². The van der Waals surface area contributed by atoms with Crippen LogP contribution in [0.2, 0.25) is 0 Å². The number of carbonyl (C=O) groups excluding carboxylic acids is 3. The Morgan fingerprint density at radius 3 is 2.47 bits per heavy atom. The summed E-state index contributed by atoms with van der Waals surface area (Å²) in [5, 5.41) is 0. The van der Waals surface area contributed by atoms with Crippen molar-refractivity contribution in [2.75, 3.05) is 13.7 Å². The summed E-state index contributed by atoms with van der Waals surface area (Å²) in [6.45, 7) is 2.10. The molecule has 0 unspecified atom stereocenters. The van der Waals surface area contributed by atoms with Crippen LogP contribution in [0.1, 0.15) is 32.6 Å². The number of imide groups is 1. The third-order valence-corrected chi connectivity index (χ3v) is 2.23. The van der Waals surface area contributed by atoms with Crippen LogP contribution in [0.4, 0.5) is 0 Å². The molecule has 0 aromatic carbocycles. The van der Waals surface area contributed by atoms with Crippen LogP contribution in [-0.2, 0) is 19.1 Å². The van der Waals surface area contributed by atoms with Crippen molar-refractivity contribution < 1.29 is 19.1 Å². The van der Waals surface area contributed by atoms with Crippen molar-refractivity contribution in [3.63, 3.8) is 0 Å². The van der Waals surface area contributed by atoms with Crippen LogP contribution in [0, 0.1) is 0 Å². The summed E-state index contributed by atoms with van der Waals surface area (Å²) in [7, 11) is 1.35. The maximum absolute atomic E-state index is 11.3. The molecule has 0 N–H and O–H groups in total. The number of hydrogen-bond donors (Lipinski definition) is 0. The summed E-state index contributed by atoms with van der Waals surface area (Å²) in [4.78, 5) is 33.9. The van der Waals surface area contributed by atoms with E-state index in [0.717, 1.165) is 11.3 Å². The maximum atomic E-state index is 11.3. The van der Waals surface area contributed by atoms with Crippen molar-refractivity contribution in [2.45, 2.75) is 32.6 Å². The summed E-state index contributed by atoms with van der Waals surface area (Å²) < 4.78 is 4.50. The van der Waals surface area contributed by atoms with E-state index in [-0.39, 0.29) is 11.9 Å². The van der Waals surface area contributed by atoms with E-state index in [9.17, 15) is 14.4 Å². The van der Waals surface area contributed by atoms with E-state index in [4.69, 9.17) is 0 Å². The number of unbranched alkanes of at least 4 members (excludes halogenated alkanes) is 2. The highest BCUT2D eigenvalue weighted by atomic mass is 16.5. The lowest BCUT2D eigenvalue weighted by Crippen LogP contribution is -2.28. The van der Waals surface area contributed by atoms with Gasteiger partial charge in [0.1, 0.15) is 0 Å². The van der Waals surface area contributed by atoms with Crippen molar-refractivity contribution >= 4 is 18.3 Å². The minimum Gasteiger partial charge on any atom is -0.469 e. The fourth-order valence-corrected chi connectivity index (χ4v) is 1.28. The zero-order chi connectivity index (χ0) is 13.1. The van der Waals surface area contributed by atoms with E-state index in [0.29, 0.717) is 32.2 Å². The van der Waals surface area contributed by atoms with Gasteiger partial charge in [0.05, 0.1) is 7.11 Å². The Bertz CT molecular complexity index is 286. The molecule has 96 valence electrons. The van der Waals surface area contributed by atoms with Gasteiger partial charge in [-0.2, -0.15) is 0 Å². The quantitative estimate of drug-likeness (QED) is 0.278. The highest BCUT2D eigenvalue weighted by Gasteiger charge is 2.08. The smallest absolute Gasteiger partial charge is 0.305 e. The fraction of sp³-hybridized carbons (Fsp3) is 0.583. The number of hydrogen-bond acceptors (Lipinski definition) is 4. The molecule has 0 aliphatic carbocycles. The van der Waals surface area contributed by atoms with Gasteiger partial charge in [-0.3, -0.25) is 19.3 Å². The number of carbonyl (C=O) groups is 3. The second kappa shape index (κ2) is 9.57. The third kappa shape index (κ3) is 7.27. The summed E-state index contributed by atoms with van der Waals surface area (Å²) >= 11 is 0.